The summed E-state index contributed by atoms with van der Waals surface area (Å²) in [5.41, 5.74) is 2.16. The molecule has 1 amide bonds. The van der Waals surface area contributed by atoms with E-state index < -0.39 is 0 Å². The number of aryl methyl sites for hydroxylation is 1. The molecular weight excluding hydrogens is 414 g/mol. The molecule has 0 N–H and O–H groups in total. The van der Waals surface area contributed by atoms with Gasteiger partial charge in [-0.05, 0) is 42.5 Å². The highest BCUT2D eigenvalue weighted by molar-refractivity contribution is 7.99. The Labute approximate surface area is 187 Å². The van der Waals surface area contributed by atoms with Crippen LogP contribution in [-0.4, -0.2) is 66.4 Å². The molecule has 0 spiro atoms. The second kappa shape index (κ2) is 9.91. The van der Waals surface area contributed by atoms with E-state index in [9.17, 15) is 4.79 Å². The highest BCUT2D eigenvalue weighted by atomic mass is 32.2. The Morgan fingerprint density at radius 2 is 2.03 bits per heavy atom. The summed E-state index contributed by atoms with van der Waals surface area (Å²) in [5.74, 6) is 2.60. The summed E-state index contributed by atoms with van der Waals surface area (Å²) in [4.78, 5) is 17.2. The third kappa shape index (κ3) is 4.98. The zero-order valence-corrected chi connectivity index (χ0v) is 19.4. The highest BCUT2D eigenvalue weighted by Crippen LogP contribution is 2.32. The molecule has 4 rings (SSSR count). The molecule has 3 heterocycles. The van der Waals surface area contributed by atoms with Crippen molar-refractivity contribution in [1.29, 1.82) is 0 Å². The molecule has 0 radical (unpaired) electrons. The Morgan fingerprint density at radius 1 is 1.23 bits per heavy atom. The molecular formula is C22H31N5O3S. The topological polar surface area (TPSA) is 72.7 Å². The van der Waals surface area contributed by atoms with Gasteiger partial charge in [0, 0.05) is 31.9 Å². The van der Waals surface area contributed by atoms with Crippen molar-refractivity contribution >= 4 is 29.3 Å². The molecule has 2 aliphatic heterocycles. The molecule has 0 saturated carbocycles. The summed E-state index contributed by atoms with van der Waals surface area (Å²) in [6.07, 6.45) is 1.93. The molecule has 8 nitrogen and oxygen atoms in total. The minimum Gasteiger partial charge on any atom is -0.497 e. The van der Waals surface area contributed by atoms with Gasteiger partial charge in [0.1, 0.15) is 5.75 Å². The monoisotopic (exact) mass is 445 g/mol. The summed E-state index contributed by atoms with van der Waals surface area (Å²) < 4.78 is 13.0. The van der Waals surface area contributed by atoms with Gasteiger partial charge in [-0.2, -0.15) is 0 Å². The lowest BCUT2D eigenvalue weighted by Crippen LogP contribution is -2.38. The first kappa shape index (κ1) is 22.0. The molecule has 0 aliphatic carbocycles. The molecule has 9 heteroatoms. The standard InChI is InChI=1S/C22H31N5O3S/c1-16(2)14-27-21(25-9-11-30-12-10-25)23-24-22(27)31-15-20(28)26-8-4-5-17-13-18(29-3)6-7-19(17)26/h6-7,13,16H,4-5,8-12,14-15H2,1-3H3. The molecule has 168 valence electrons. The van der Waals surface area contributed by atoms with Crippen molar-refractivity contribution in [3.8, 4) is 5.75 Å². The number of ether oxygens (including phenoxy) is 2. The Bertz CT molecular complexity index is 911. The first-order valence-corrected chi connectivity index (χ1v) is 11.9. The average molecular weight is 446 g/mol. The second-order valence-electron chi connectivity index (χ2n) is 8.32. The van der Waals surface area contributed by atoms with Gasteiger partial charge >= 0.3 is 0 Å². The summed E-state index contributed by atoms with van der Waals surface area (Å²) in [6, 6.07) is 5.95. The number of anilines is 2. The zero-order chi connectivity index (χ0) is 21.8. The van der Waals surface area contributed by atoms with Gasteiger partial charge < -0.3 is 19.3 Å². The van der Waals surface area contributed by atoms with E-state index in [1.165, 1.54) is 17.3 Å². The van der Waals surface area contributed by atoms with E-state index in [0.717, 1.165) is 61.6 Å². The van der Waals surface area contributed by atoms with Gasteiger partial charge in [-0.15, -0.1) is 10.2 Å². The smallest absolute Gasteiger partial charge is 0.237 e. The van der Waals surface area contributed by atoms with Crippen molar-refractivity contribution in [3.05, 3.63) is 23.8 Å². The van der Waals surface area contributed by atoms with Crippen LogP contribution >= 0.6 is 11.8 Å². The zero-order valence-electron chi connectivity index (χ0n) is 18.5. The molecule has 1 fully saturated rings. The van der Waals surface area contributed by atoms with Gasteiger partial charge in [0.05, 0.1) is 26.1 Å². The van der Waals surface area contributed by atoms with Crippen LogP contribution in [0.15, 0.2) is 23.4 Å². The van der Waals surface area contributed by atoms with Crippen LogP contribution in [0, 0.1) is 5.92 Å². The van der Waals surface area contributed by atoms with Gasteiger partial charge in [0.15, 0.2) is 5.16 Å². The SMILES string of the molecule is COc1ccc2c(c1)CCCN2C(=O)CSc1nnc(N2CCOCC2)n1CC(C)C. The normalized spacial score (nSPS) is 16.5. The lowest BCUT2D eigenvalue weighted by molar-refractivity contribution is -0.116. The van der Waals surface area contributed by atoms with Crippen molar-refractivity contribution in [2.24, 2.45) is 5.92 Å². The van der Waals surface area contributed by atoms with Crippen LogP contribution < -0.4 is 14.5 Å². The molecule has 1 aromatic heterocycles. The summed E-state index contributed by atoms with van der Waals surface area (Å²) >= 11 is 1.47. The third-order valence-electron chi connectivity index (χ3n) is 5.57. The number of hydrogen-bond acceptors (Lipinski definition) is 7. The average Bonchev–Trinajstić information content (AvgIpc) is 3.18. The van der Waals surface area contributed by atoms with E-state index >= 15 is 0 Å². The van der Waals surface area contributed by atoms with Crippen LogP contribution in [0.2, 0.25) is 0 Å². The minimum absolute atomic E-state index is 0.100. The lowest BCUT2D eigenvalue weighted by atomic mass is 10.0. The fourth-order valence-electron chi connectivity index (χ4n) is 4.07. The number of benzene rings is 1. The van der Waals surface area contributed by atoms with E-state index in [1.807, 2.05) is 23.1 Å². The van der Waals surface area contributed by atoms with Gasteiger partial charge in [0.25, 0.3) is 0 Å². The molecule has 31 heavy (non-hydrogen) atoms. The largest absolute Gasteiger partial charge is 0.497 e. The molecule has 2 aromatic rings. The molecule has 0 unspecified atom stereocenters. The van der Waals surface area contributed by atoms with Crippen molar-refractivity contribution in [1.82, 2.24) is 14.8 Å². The number of fused-ring (bicyclic) bond motifs is 1. The van der Waals surface area contributed by atoms with Crippen molar-refractivity contribution in [2.75, 3.05) is 55.5 Å². The quantitative estimate of drug-likeness (QED) is 0.607. The first-order chi connectivity index (χ1) is 15.1. The van der Waals surface area contributed by atoms with E-state index in [4.69, 9.17) is 9.47 Å². The number of methoxy groups -OCH3 is 1. The first-order valence-electron chi connectivity index (χ1n) is 10.9. The van der Waals surface area contributed by atoms with Gasteiger partial charge in [0.2, 0.25) is 11.9 Å². The van der Waals surface area contributed by atoms with Crippen molar-refractivity contribution in [2.45, 2.75) is 38.4 Å². The maximum atomic E-state index is 13.1. The van der Waals surface area contributed by atoms with Crippen molar-refractivity contribution in [3.63, 3.8) is 0 Å². The van der Waals surface area contributed by atoms with Gasteiger partial charge in [-0.1, -0.05) is 25.6 Å². The summed E-state index contributed by atoms with van der Waals surface area (Å²) in [7, 11) is 1.67. The number of aromatic nitrogens is 3. The molecule has 2 aliphatic rings. The van der Waals surface area contributed by atoms with Crippen LogP contribution in [0.3, 0.4) is 0 Å². The number of carbonyl (C=O) groups is 1. The van der Waals surface area contributed by atoms with Crippen molar-refractivity contribution < 1.29 is 14.3 Å². The van der Waals surface area contributed by atoms with E-state index in [-0.39, 0.29) is 5.91 Å². The number of nitrogens with zero attached hydrogens (tertiary/aromatic N) is 5. The molecule has 1 saturated heterocycles. The number of morpholine rings is 1. The fraction of sp³-hybridized carbons (Fsp3) is 0.591. The number of amides is 1. The lowest BCUT2D eigenvalue weighted by Gasteiger charge is -2.30. The maximum absolute atomic E-state index is 13.1. The predicted octanol–water partition coefficient (Wildman–Crippen LogP) is 2.85. The third-order valence-corrected chi connectivity index (χ3v) is 6.52. The number of hydrogen-bond donors (Lipinski definition) is 0. The fourth-order valence-corrected chi connectivity index (χ4v) is 4.89. The van der Waals surface area contributed by atoms with E-state index in [1.54, 1.807) is 7.11 Å². The van der Waals surface area contributed by atoms with Crippen LogP contribution in [-0.2, 0) is 22.5 Å². The Kier molecular flexibility index (Phi) is 7.02. The minimum atomic E-state index is 0.100. The Balaban J connectivity index is 1.48. The second-order valence-corrected chi connectivity index (χ2v) is 9.26. The van der Waals surface area contributed by atoms with Gasteiger partial charge in [-0.25, -0.2) is 0 Å². The van der Waals surface area contributed by atoms with E-state index in [0.29, 0.717) is 24.9 Å². The molecule has 0 atom stereocenters. The van der Waals surface area contributed by atoms with Crippen LogP contribution in [0.25, 0.3) is 0 Å². The highest BCUT2D eigenvalue weighted by Gasteiger charge is 2.25. The predicted molar refractivity (Wildman–Crippen MR) is 122 cm³/mol. The number of carbonyl (C=O) groups excluding carboxylic acids is 1. The Morgan fingerprint density at radius 3 is 2.77 bits per heavy atom. The van der Waals surface area contributed by atoms with Crippen LogP contribution in [0.1, 0.15) is 25.8 Å². The summed E-state index contributed by atoms with van der Waals surface area (Å²) in [6.45, 7) is 8.97. The summed E-state index contributed by atoms with van der Waals surface area (Å²) in [5, 5.41) is 9.70. The van der Waals surface area contributed by atoms with Crippen LogP contribution in [0.4, 0.5) is 11.6 Å². The number of rotatable bonds is 7. The molecule has 1 aromatic carbocycles. The van der Waals surface area contributed by atoms with E-state index in [2.05, 4.69) is 33.5 Å². The van der Waals surface area contributed by atoms with Gasteiger partial charge in [-0.3, -0.25) is 9.36 Å². The number of thioether (sulfide) groups is 1. The maximum Gasteiger partial charge on any atom is 0.237 e. The Hall–Kier alpha value is -2.26. The van der Waals surface area contributed by atoms with Crippen LogP contribution in [0.5, 0.6) is 5.75 Å². The molecule has 0 bridgehead atoms.